The summed E-state index contributed by atoms with van der Waals surface area (Å²) in [6, 6.07) is 7.53. The van der Waals surface area contributed by atoms with Gasteiger partial charge in [0.15, 0.2) is 0 Å². The fraction of sp³-hybridized carbons (Fsp3) is 0.308. The van der Waals surface area contributed by atoms with Gasteiger partial charge in [0.05, 0.1) is 6.54 Å². The normalized spacial score (nSPS) is 9.61. The number of carbonyl (C=O) groups is 1. The van der Waals surface area contributed by atoms with E-state index in [0.29, 0.717) is 19.7 Å². The lowest BCUT2D eigenvalue weighted by molar-refractivity contribution is 0.156. The third-order valence-corrected chi connectivity index (χ3v) is 2.15. The van der Waals surface area contributed by atoms with Crippen molar-refractivity contribution in [2.75, 3.05) is 19.8 Å². The average Bonchev–Trinajstić information content (AvgIpc) is 2.41. The number of para-hydroxylation sites is 1. The minimum atomic E-state index is -0.481. The molecule has 0 saturated heterocycles. The van der Waals surface area contributed by atoms with Crippen LogP contribution in [-0.2, 0) is 11.3 Å². The molecule has 1 amide bonds. The SMILES string of the molecule is C=CCOC(=O)NCCOc1ccccc1CN. The van der Waals surface area contributed by atoms with Crippen LogP contribution in [0.1, 0.15) is 5.56 Å². The predicted octanol–water partition coefficient (Wildman–Crippen LogP) is 1.44. The lowest BCUT2D eigenvalue weighted by atomic mass is 10.2. The Balaban J connectivity index is 2.25. The second kappa shape index (κ2) is 8.14. The zero-order chi connectivity index (χ0) is 13.2. The van der Waals surface area contributed by atoms with Gasteiger partial charge in [0.1, 0.15) is 19.0 Å². The molecule has 0 aliphatic carbocycles. The van der Waals surface area contributed by atoms with Gasteiger partial charge in [-0.25, -0.2) is 4.79 Å². The Morgan fingerprint density at radius 2 is 2.22 bits per heavy atom. The van der Waals surface area contributed by atoms with Gasteiger partial charge in [-0.3, -0.25) is 0 Å². The summed E-state index contributed by atoms with van der Waals surface area (Å²) in [4.78, 5) is 11.1. The zero-order valence-corrected chi connectivity index (χ0v) is 10.2. The Hall–Kier alpha value is -2.01. The van der Waals surface area contributed by atoms with E-state index in [1.807, 2.05) is 24.3 Å². The molecule has 5 heteroatoms. The largest absolute Gasteiger partial charge is 0.491 e. The Kier molecular flexibility index (Phi) is 6.35. The summed E-state index contributed by atoms with van der Waals surface area (Å²) in [6.45, 7) is 4.80. The molecule has 0 aliphatic rings. The van der Waals surface area contributed by atoms with E-state index in [0.717, 1.165) is 11.3 Å². The number of amides is 1. The first-order chi connectivity index (χ1) is 8.77. The van der Waals surface area contributed by atoms with Crippen LogP contribution in [0.5, 0.6) is 5.75 Å². The maximum Gasteiger partial charge on any atom is 0.407 e. The molecule has 0 heterocycles. The van der Waals surface area contributed by atoms with Crippen molar-refractivity contribution in [2.45, 2.75) is 6.54 Å². The van der Waals surface area contributed by atoms with E-state index in [1.165, 1.54) is 6.08 Å². The van der Waals surface area contributed by atoms with E-state index in [2.05, 4.69) is 11.9 Å². The lowest BCUT2D eigenvalue weighted by Crippen LogP contribution is -2.28. The number of alkyl carbamates (subject to hydrolysis) is 1. The summed E-state index contributed by atoms with van der Waals surface area (Å²) in [5.74, 6) is 0.737. The fourth-order valence-electron chi connectivity index (χ4n) is 1.31. The molecule has 1 rings (SSSR count). The number of hydrogen-bond donors (Lipinski definition) is 2. The molecule has 0 aliphatic heterocycles. The number of nitrogens with one attached hydrogen (secondary N) is 1. The summed E-state index contributed by atoms with van der Waals surface area (Å²) >= 11 is 0. The van der Waals surface area contributed by atoms with Gasteiger partial charge in [-0.05, 0) is 6.07 Å². The van der Waals surface area contributed by atoms with Crippen molar-refractivity contribution in [3.05, 3.63) is 42.5 Å². The Bertz CT molecular complexity index is 394. The summed E-state index contributed by atoms with van der Waals surface area (Å²) in [5, 5.41) is 2.56. The highest BCUT2D eigenvalue weighted by molar-refractivity contribution is 5.67. The minimum Gasteiger partial charge on any atom is -0.491 e. The molecule has 0 fully saturated rings. The van der Waals surface area contributed by atoms with Gasteiger partial charge in [-0.15, -0.1) is 0 Å². The summed E-state index contributed by atoms with van der Waals surface area (Å²) in [6.07, 6.45) is 1.03. The van der Waals surface area contributed by atoms with Gasteiger partial charge in [0.2, 0.25) is 0 Å². The summed E-state index contributed by atoms with van der Waals surface area (Å²) in [5.41, 5.74) is 6.52. The van der Waals surface area contributed by atoms with E-state index in [4.69, 9.17) is 15.2 Å². The second-order valence-corrected chi connectivity index (χ2v) is 3.47. The van der Waals surface area contributed by atoms with Gasteiger partial charge >= 0.3 is 6.09 Å². The highest BCUT2D eigenvalue weighted by Crippen LogP contribution is 2.16. The van der Waals surface area contributed by atoms with Crippen LogP contribution in [0.4, 0.5) is 4.79 Å². The maximum absolute atomic E-state index is 11.1. The van der Waals surface area contributed by atoms with E-state index in [9.17, 15) is 4.79 Å². The van der Waals surface area contributed by atoms with Gasteiger partial charge in [-0.2, -0.15) is 0 Å². The minimum absolute atomic E-state index is 0.197. The van der Waals surface area contributed by atoms with Crippen LogP contribution >= 0.6 is 0 Å². The van der Waals surface area contributed by atoms with Crippen LogP contribution in [-0.4, -0.2) is 25.9 Å². The Labute approximate surface area is 107 Å². The molecule has 0 radical (unpaired) electrons. The van der Waals surface area contributed by atoms with Crippen molar-refractivity contribution in [2.24, 2.45) is 5.73 Å². The molecule has 0 atom stereocenters. The van der Waals surface area contributed by atoms with Crippen LogP contribution < -0.4 is 15.8 Å². The number of rotatable bonds is 7. The van der Waals surface area contributed by atoms with Crippen LogP contribution in [0.2, 0.25) is 0 Å². The van der Waals surface area contributed by atoms with Crippen molar-refractivity contribution in [1.82, 2.24) is 5.32 Å². The molecule has 0 bridgehead atoms. The molecule has 1 aromatic rings. The molecule has 1 aromatic carbocycles. The highest BCUT2D eigenvalue weighted by Gasteiger charge is 2.02. The summed E-state index contributed by atoms with van der Waals surface area (Å²) in [7, 11) is 0. The van der Waals surface area contributed by atoms with Crippen LogP contribution in [0.15, 0.2) is 36.9 Å². The monoisotopic (exact) mass is 250 g/mol. The third kappa shape index (κ3) is 4.88. The summed E-state index contributed by atoms with van der Waals surface area (Å²) < 4.78 is 10.3. The van der Waals surface area contributed by atoms with Gasteiger partial charge in [0, 0.05) is 12.1 Å². The van der Waals surface area contributed by atoms with Crippen molar-refractivity contribution in [3.63, 3.8) is 0 Å². The van der Waals surface area contributed by atoms with Crippen LogP contribution in [0, 0.1) is 0 Å². The molecule has 0 saturated carbocycles. The first-order valence-corrected chi connectivity index (χ1v) is 5.70. The first kappa shape index (κ1) is 14.1. The number of nitrogens with two attached hydrogens (primary N) is 1. The van der Waals surface area contributed by atoms with Crippen LogP contribution in [0.3, 0.4) is 0 Å². The molecular formula is C13H18N2O3. The Morgan fingerprint density at radius 3 is 2.94 bits per heavy atom. The average molecular weight is 250 g/mol. The molecular weight excluding hydrogens is 232 g/mol. The van der Waals surface area contributed by atoms with E-state index in [1.54, 1.807) is 0 Å². The second-order valence-electron chi connectivity index (χ2n) is 3.47. The molecule has 0 aromatic heterocycles. The lowest BCUT2D eigenvalue weighted by Gasteiger charge is -2.10. The third-order valence-electron chi connectivity index (χ3n) is 2.15. The fourth-order valence-corrected chi connectivity index (χ4v) is 1.31. The zero-order valence-electron chi connectivity index (χ0n) is 10.2. The maximum atomic E-state index is 11.1. The number of ether oxygens (including phenoxy) is 2. The molecule has 98 valence electrons. The van der Waals surface area contributed by atoms with Crippen molar-refractivity contribution in [1.29, 1.82) is 0 Å². The van der Waals surface area contributed by atoms with E-state index in [-0.39, 0.29) is 6.61 Å². The Morgan fingerprint density at radius 1 is 1.44 bits per heavy atom. The predicted molar refractivity (Wildman–Crippen MR) is 69.4 cm³/mol. The standard InChI is InChI=1S/C13H18N2O3/c1-2-8-18-13(16)15-7-9-17-12-6-4-3-5-11(12)10-14/h2-6H,1,7-10,14H2,(H,15,16). The number of hydrogen-bond acceptors (Lipinski definition) is 4. The van der Waals surface area contributed by atoms with Gasteiger partial charge < -0.3 is 20.5 Å². The highest BCUT2D eigenvalue weighted by atomic mass is 16.5. The smallest absolute Gasteiger partial charge is 0.407 e. The van der Waals surface area contributed by atoms with Crippen LogP contribution in [0.25, 0.3) is 0 Å². The van der Waals surface area contributed by atoms with E-state index < -0.39 is 6.09 Å². The molecule has 0 unspecified atom stereocenters. The topological polar surface area (TPSA) is 73.6 Å². The first-order valence-electron chi connectivity index (χ1n) is 5.70. The molecule has 18 heavy (non-hydrogen) atoms. The molecule has 0 spiro atoms. The van der Waals surface area contributed by atoms with Gasteiger partial charge in [-0.1, -0.05) is 30.9 Å². The number of benzene rings is 1. The molecule has 5 nitrogen and oxygen atoms in total. The van der Waals surface area contributed by atoms with Crippen molar-refractivity contribution in [3.8, 4) is 5.75 Å². The quantitative estimate of drug-likeness (QED) is 0.567. The van der Waals surface area contributed by atoms with Crippen molar-refractivity contribution < 1.29 is 14.3 Å². The van der Waals surface area contributed by atoms with E-state index >= 15 is 0 Å². The number of carbonyl (C=O) groups excluding carboxylic acids is 1. The van der Waals surface area contributed by atoms with Crippen molar-refractivity contribution >= 4 is 6.09 Å². The molecule has 3 N–H and O–H groups in total. The van der Waals surface area contributed by atoms with Gasteiger partial charge in [0.25, 0.3) is 0 Å².